The molecule has 0 fully saturated rings. The molecule has 4 rings (SSSR count). The number of pyridine rings is 1. The maximum atomic E-state index is 14.1. The molecule has 0 aliphatic carbocycles. The first kappa shape index (κ1) is 20.0. The highest BCUT2D eigenvalue weighted by molar-refractivity contribution is 7.99. The van der Waals surface area contributed by atoms with Crippen molar-refractivity contribution in [3.05, 3.63) is 102 Å². The molecule has 0 aliphatic heterocycles. The van der Waals surface area contributed by atoms with E-state index in [1.54, 1.807) is 12.1 Å². The molecule has 3 nitrogen and oxygen atoms in total. The van der Waals surface area contributed by atoms with Gasteiger partial charge in [0.25, 0.3) is 5.91 Å². The molecule has 1 atom stereocenters. The zero-order valence-corrected chi connectivity index (χ0v) is 16.9. The topological polar surface area (TPSA) is 42.0 Å². The van der Waals surface area contributed by atoms with Gasteiger partial charge in [-0.2, -0.15) is 0 Å². The minimum atomic E-state index is -0.668. The quantitative estimate of drug-likeness (QED) is 0.421. The van der Waals surface area contributed by atoms with Gasteiger partial charge in [0.1, 0.15) is 16.7 Å². The number of rotatable bonds is 5. The minimum absolute atomic E-state index is 0.184. The molecule has 0 radical (unpaired) electrons. The summed E-state index contributed by atoms with van der Waals surface area (Å²) >= 11 is 1.05. The zero-order chi connectivity index (χ0) is 21.1. The molecule has 0 spiro atoms. The van der Waals surface area contributed by atoms with Crippen LogP contribution in [0, 0.1) is 11.6 Å². The van der Waals surface area contributed by atoms with E-state index in [1.807, 2.05) is 55.5 Å². The van der Waals surface area contributed by atoms with Crippen LogP contribution in [-0.2, 0) is 0 Å². The molecule has 0 saturated heterocycles. The van der Waals surface area contributed by atoms with Gasteiger partial charge in [-0.15, -0.1) is 0 Å². The van der Waals surface area contributed by atoms with E-state index >= 15 is 0 Å². The minimum Gasteiger partial charge on any atom is -0.345 e. The maximum absolute atomic E-state index is 14.1. The van der Waals surface area contributed by atoms with Crippen LogP contribution in [0.3, 0.4) is 0 Å². The van der Waals surface area contributed by atoms with Crippen LogP contribution in [0.15, 0.2) is 88.8 Å². The van der Waals surface area contributed by atoms with Gasteiger partial charge in [-0.1, -0.05) is 60.3 Å². The van der Waals surface area contributed by atoms with Gasteiger partial charge in [0, 0.05) is 16.3 Å². The number of benzene rings is 3. The average Bonchev–Trinajstić information content (AvgIpc) is 2.75. The van der Waals surface area contributed by atoms with Gasteiger partial charge < -0.3 is 5.32 Å². The van der Waals surface area contributed by atoms with E-state index < -0.39 is 11.6 Å². The monoisotopic (exact) mass is 420 g/mol. The predicted octanol–water partition coefficient (Wildman–Crippen LogP) is 6.16. The first-order valence-corrected chi connectivity index (χ1v) is 10.2. The van der Waals surface area contributed by atoms with Crippen molar-refractivity contribution < 1.29 is 13.6 Å². The van der Waals surface area contributed by atoms with Crippen LogP contribution in [0.4, 0.5) is 8.78 Å². The van der Waals surface area contributed by atoms with Crippen LogP contribution in [0.1, 0.15) is 28.9 Å². The molecule has 1 aromatic heterocycles. The average molecular weight is 420 g/mol. The van der Waals surface area contributed by atoms with Gasteiger partial charge in [-0.25, -0.2) is 13.8 Å². The highest BCUT2D eigenvalue weighted by Crippen LogP contribution is 2.32. The molecule has 30 heavy (non-hydrogen) atoms. The van der Waals surface area contributed by atoms with Crippen molar-refractivity contribution in [1.82, 2.24) is 10.3 Å². The zero-order valence-electron chi connectivity index (χ0n) is 16.1. The number of para-hydroxylation sites is 1. The summed E-state index contributed by atoms with van der Waals surface area (Å²) < 4.78 is 27.3. The molecule has 4 aromatic rings. The summed E-state index contributed by atoms with van der Waals surface area (Å²) in [5.41, 5.74) is 2.07. The second-order valence-electron chi connectivity index (χ2n) is 6.81. The molecular weight excluding hydrogens is 402 g/mol. The lowest BCUT2D eigenvalue weighted by atomic mass is 10.1. The van der Waals surface area contributed by atoms with Crippen LogP contribution in [0.25, 0.3) is 10.9 Å². The Labute approximate surface area is 177 Å². The number of carbonyl (C=O) groups is 1. The molecule has 6 heteroatoms. The van der Waals surface area contributed by atoms with E-state index in [1.165, 1.54) is 12.1 Å². The summed E-state index contributed by atoms with van der Waals surface area (Å²) in [6, 6.07) is 21.8. The van der Waals surface area contributed by atoms with Crippen molar-refractivity contribution in [2.24, 2.45) is 0 Å². The van der Waals surface area contributed by atoms with Gasteiger partial charge in [-0.3, -0.25) is 4.79 Å². The van der Waals surface area contributed by atoms with Crippen molar-refractivity contribution in [1.29, 1.82) is 0 Å². The van der Waals surface area contributed by atoms with Crippen LogP contribution in [0.5, 0.6) is 0 Å². The first-order valence-electron chi connectivity index (χ1n) is 9.40. The molecular formula is C24H18F2N2OS. The summed E-state index contributed by atoms with van der Waals surface area (Å²) in [5, 5.41) is 4.18. The smallest absolute Gasteiger partial charge is 0.252 e. The number of aromatic nitrogens is 1. The van der Waals surface area contributed by atoms with Gasteiger partial charge >= 0.3 is 0 Å². The van der Waals surface area contributed by atoms with Crippen molar-refractivity contribution >= 4 is 28.6 Å². The largest absolute Gasteiger partial charge is 0.345 e. The highest BCUT2D eigenvalue weighted by Gasteiger charge is 2.17. The van der Waals surface area contributed by atoms with E-state index in [4.69, 9.17) is 0 Å². The number of carbonyl (C=O) groups excluding carboxylic acids is 1. The lowest BCUT2D eigenvalue weighted by molar-refractivity contribution is 0.0941. The third-order valence-electron chi connectivity index (χ3n) is 4.69. The Morgan fingerprint density at radius 1 is 0.967 bits per heavy atom. The molecule has 3 aromatic carbocycles. The SMILES string of the molecule is C[C@H](NC(=O)c1cc(Sc2ccc(F)cc2F)nc2ccccc12)c1ccccc1. The molecule has 0 unspecified atom stereocenters. The number of hydrogen-bond donors (Lipinski definition) is 1. The molecule has 0 aliphatic rings. The number of hydrogen-bond acceptors (Lipinski definition) is 3. The van der Waals surface area contributed by atoms with Crippen molar-refractivity contribution in [3.63, 3.8) is 0 Å². The summed E-state index contributed by atoms with van der Waals surface area (Å²) in [6.07, 6.45) is 0. The summed E-state index contributed by atoms with van der Waals surface area (Å²) in [6.45, 7) is 1.92. The number of amides is 1. The van der Waals surface area contributed by atoms with Crippen LogP contribution in [0.2, 0.25) is 0 Å². The first-order chi connectivity index (χ1) is 14.5. The maximum Gasteiger partial charge on any atom is 0.252 e. The molecule has 1 amide bonds. The van der Waals surface area contributed by atoms with Crippen LogP contribution >= 0.6 is 11.8 Å². The predicted molar refractivity (Wildman–Crippen MR) is 115 cm³/mol. The third-order valence-corrected chi connectivity index (χ3v) is 5.66. The number of halogens is 2. The normalized spacial score (nSPS) is 12.0. The number of nitrogens with one attached hydrogen (secondary N) is 1. The molecule has 1 N–H and O–H groups in total. The summed E-state index contributed by atoms with van der Waals surface area (Å²) in [5.74, 6) is -1.55. The highest BCUT2D eigenvalue weighted by atomic mass is 32.2. The molecule has 0 saturated carbocycles. The third kappa shape index (κ3) is 4.33. The lowest BCUT2D eigenvalue weighted by Crippen LogP contribution is -2.27. The summed E-state index contributed by atoms with van der Waals surface area (Å²) in [4.78, 5) is 17.9. The van der Waals surface area contributed by atoms with Crippen molar-refractivity contribution in [2.45, 2.75) is 22.9 Å². The number of nitrogens with zero attached hydrogens (tertiary/aromatic N) is 1. The number of fused-ring (bicyclic) bond motifs is 1. The second kappa shape index (κ2) is 8.63. The van der Waals surface area contributed by atoms with E-state index in [2.05, 4.69) is 10.3 Å². The van der Waals surface area contributed by atoms with Gasteiger partial charge in [-0.05, 0) is 36.8 Å². The van der Waals surface area contributed by atoms with Crippen LogP contribution in [-0.4, -0.2) is 10.9 Å². The van der Waals surface area contributed by atoms with Gasteiger partial charge in [0.15, 0.2) is 0 Å². The lowest BCUT2D eigenvalue weighted by Gasteiger charge is -2.16. The Hall–Kier alpha value is -3.25. The second-order valence-corrected chi connectivity index (χ2v) is 7.87. The molecule has 0 bridgehead atoms. The standard InChI is InChI=1S/C24H18F2N2OS/c1-15(16-7-3-2-4-8-16)27-24(29)19-14-23(28-21-10-6-5-9-18(19)21)30-22-12-11-17(25)13-20(22)26/h2-15H,1H3,(H,27,29)/t15-/m0/s1. The van der Waals surface area contributed by atoms with Gasteiger partial charge in [0.05, 0.1) is 17.1 Å². The Kier molecular flexibility index (Phi) is 5.77. The van der Waals surface area contributed by atoms with Gasteiger partial charge in [0.2, 0.25) is 0 Å². The fraction of sp³-hybridized carbons (Fsp3) is 0.0833. The molecule has 150 valence electrons. The van der Waals surface area contributed by atoms with E-state index in [0.29, 0.717) is 21.5 Å². The van der Waals surface area contributed by atoms with E-state index in [0.717, 1.165) is 23.4 Å². The summed E-state index contributed by atoms with van der Waals surface area (Å²) in [7, 11) is 0. The fourth-order valence-corrected chi connectivity index (χ4v) is 4.00. The van der Waals surface area contributed by atoms with E-state index in [-0.39, 0.29) is 16.8 Å². The Balaban J connectivity index is 1.68. The van der Waals surface area contributed by atoms with E-state index in [9.17, 15) is 13.6 Å². The van der Waals surface area contributed by atoms with Crippen molar-refractivity contribution in [3.8, 4) is 0 Å². The Morgan fingerprint density at radius 3 is 2.47 bits per heavy atom. The Bertz CT molecular complexity index is 1210. The fourth-order valence-electron chi connectivity index (χ4n) is 3.16. The van der Waals surface area contributed by atoms with Crippen LogP contribution < -0.4 is 5.32 Å². The Morgan fingerprint density at radius 2 is 1.70 bits per heavy atom. The van der Waals surface area contributed by atoms with Crippen molar-refractivity contribution in [2.75, 3.05) is 0 Å². The molecule has 1 heterocycles.